The quantitative estimate of drug-likeness (QED) is 0.341. The Bertz CT molecular complexity index is 1050. The van der Waals surface area contributed by atoms with Gasteiger partial charge in [0, 0.05) is 7.05 Å². The van der Waals surface area contributed by atoms with Crippen molar-refractivity contribution in [1.82, 2.24) is 9.78 Å². The summed E-state index contributed by atoms with van der Waals surface area (Å²) >= 11 is 0. The van der Waals surface area contributed by atoms with Gasteiger partial charge in [-0.15, -0.1) is 0 Å². The molecule has 0 radical (unpaired) electrons. The van der Waals surface area contributed by atoms with Crippen molar-refractivity contribution in [3.05, 3.63) is 77.1 Å². The van der Waals surface area contributed by atoms with Crippen LogP contribution in [0.4, 0.5) is 0 Å². The molecule has 0 bridgehead atoms. The van der Waals surface area contributed by atoms with Crippen molar-refractivity contribution in [2.24, 2.45) is 7.05 Å². The third-order valence-corrected chi connectivity index (χ3v) is 4.57. The molecule has 31 heavy (non-hydrogen) atoms. The van der Waals surface area contributed by atoms with Crippen LogP contribution in [0.15, 0.2) is 54.6 Å². The monoisotopic (exact) mass is 420 g/mol. The minimum absolute atomic E-state index is 0.0796. The van der Waals surface area contributed by atoms with Crippen molar-refractivity contribution in [1.29, 1.82) is 0 Å². The van der Waals surface area contributed by atoms with Crippen LogP contribution in [-0.2, 0) is 13.7 Å². The fourth-order valence-electron chi connectivity index (χ4n) is 3.13. The van der Waals surface area contributed by atoms with Crippen molar-refractivity contribution in [3.8, 4) is 17.2 Å². The zero-order valence-corrected chi connectivity index (χ0v) is 18.4. The van der Waals surface area contributed by atoms with E-state index in [1.807, 2.05) is 63.2 Å². The zero-order chi connectivity index (χ0) is 22.2. The van der Waals surface area contributed by atoms with Gasteiger partial charge >= 0.3 is 0 Å². The van der Waals surface area contributed by atoms with Gasteiger partial charge in [-0.05, 0) is 68.3 Å². The number of benzene rings is 2. The molecule has 3 aromatic rings. The fourth-order valence-corrected chi connectivity index (χ4v) is 3.13. The Morgan fingerprint density at radius 1 is 0.968 bits per heavy atom. The predicted octanol–water partition coefficient (Wildman–Crippen LogP) is 5.00. The second-order valence-corrected chi connectivity index (χ2v) is 7.00. The maximum Gasteiger partial charge on any atom is 0.203 e. The van der Waals surface area contributed by atoms with Crippen LogP contribution in [-0.4, -0.2) is 28.8 Å². The van der Waals surface area contributed by atoms with E-state index in [-0.39, 0.29) is 5.78 Å². The summed E-state index contributed by atoms with van der Waals surface area (Å²) in [5, 5.41) is 4.20. The van der Waals surface area contributed by atoms with E-state index in [4.69, 9.17) is 14.2 Å². The maximum atomic E-state index is 12.3. The number of hydrogen-bond acceptors (Lipinski definition) is 5. The van der Waals surface area contributed by atoms with Crippen molar-refractivity contribution in [3.63, 3.8) is 0 Å². The lowest BCUT2D eigenvalue weighted by atomic mass is 10.1. The summed E-state index contributed by atoms with van der Waals surface area (Å²) in [6.07, 6.45) is 3.34. The molecule has 0 amide bonds. The first-order valence-electron chi connectivity index (χ1n) is 10.3. The predicted molar refractivity (Wildman–Crippen MR) is 121 cm³/mol. The lowest BCUT2D eigenvalue weighted by Crippen LogP contribution is -2.03. The molecule has 0 fully saturated rings. The van der Waals surface area contributed by atoms with Gasteiger partial charge in [0.05, 0.1) is 18.9 Å². The minimum atomic E-state index is -0.0796. The molecule has 0 atom stereocenters. The molecule has 0 aliphatic rings. The molecule has 162 valence electrons. The Balaban J connectivity index is 1.60. The molecule has 2 aromatic carbocycles. The van der Waals surface area contributed by atoms with Gasteiger partial charge in [-0.2, -0.15) is 5.10 Å². The third-order valence-electron chi connectivity index (χ3n) is 4.57. The van der Waals surface area contributed by atoms with Crippen LogP contribution in [0.2, 0.25) is 0 Å². The maximum absolute atomic E-state index is 12.3. The number of ketones is 1. The smallest absolute Gasteiger partial charge is 0.203 e. The minimum Gasteiger partial charge on any atom is -0.490 e. The standard InChI is InChI=1S/C25H28N2O4/c1-5-29-24-14-10-20(16-25(24)30-6-2)17-31-21-11-7-19(8-12-21)9-13-23(28)22-15-18(3)26-27(22)4/h7-16H,5-6,17H2,1-4H3/b13-9+. The molecule has 0 unspecified atom stereocenters. The van der Waals surface area contributed by atoms with Crippen molar-refractivity contribution in [2.75, 3.05) is 13.2 Å². The van der Waals surface area contributed by atoms with Crippen LogP contribution in [0.1, 0.15) is 41.2 Å². The van der Waals surface area contributed by atoms with Gasteiger partial charge in [0.1, 0.15) is 18.1 Å². The molecule has 0 spiro atoms. The van der Waals surface area contributed by atoms with E-state index in [0.717, 1.165) is 34.1 Å². The fraction of sp³-hybridized carbons (Fsp3) is 0.280. The number of allylic oxidation sites excluding steroid dienone is 1. The van der Waals surface area contributed by atoms with Crippen LogP contribution in [0.3, 0.4) is 0 Å². The average molecular weight is 421 g/mol. The highest BCUT2D eigenvalue weighted by molar-refractivity contribution is 6.05. The van der Waals surface area contributed by atoms with E-state index in [9.17, 15) is 4.79 Å². The summed E-state index contributed by atoms with van der Waals surface area (Å²) in [4.78, 5) is 12.3. The molecule has 1 heterocycles. The van der Waals surface area contributed by atoms with E-state index in [0.29, 0.717) is 25.5 Å². The Kier molecular flexibility index (Phi) is 7.49. The average Bonchev–Trinajstić information content (AvgIpc) is 3.11. The Hall–Kier alpha value is -3.54. The number of carbonyl (C=O) groups excluding carboxylic acids is 1. The second-order valence-electron chi connectivity index (χ2n) is 7.00. The molecule has 0 saturated carbocycles. The first-order valence-corrected chi connectivity index (χ1v) is 10.3. The number of aryl methyl sites for hydroxylation is 2. The molecule has 6 nitrogen and oxygen atoms in total. The highest BCUT2D eigenvalue weighted by Crippen LogP contribution is 2.29. The molecular formula is C25H28N2O4. The number of carbonyl (C=O) groups is 1. The SMILES string of the molecule is CCOc1ccc(COc2ccc(/C=C/C(=O)c3cc(C)nn3C)cc2)cc1OCC. The Morgan fingerprint density at radius 3 is 2.32 bits per heavy atom. The highest BCUT2D eigenvalue weighted by atomic mass is 16.5. The zero-order valence-electron chi connectivity index (χ0n) is 18.4. The molecule has 0 aliphatic heterocycles. The van der Waals surface area contributed by atoms with E-state index in [2.05, 4.69) is 5.10 Å². The van der Waals surface area contributed by atoms with Crippen molar-refractivity contribution in [2.45, 2.75) is 27.4 Å². The number of ether oxygens (including phenoxy) is 3. The topological polar surface area (TPSA) is 62.6 Å². The first-order chi connectivity index (χ1) is 15.0. The van der Waals surface area contributed by atoms with Crippen LogP contribution < -0.4 is 14.2 Å². The van der Waals surface area contributed by atoms with Gasteiger partial charge in [-0.3, -0.25) is 9.48 Å². The summed E-state index contributed by atoms with van der Waals surface area (Å²) in [5.74, 6) is 2.13. The van der Waals surface area contributed by atoms with Gasteiger partial charge in [0.25, 0.3) is 0 Å². The van der Waals surface area contributed by atoms with E-state index in [1.165, 1.54) is 0 Å². The van der Waals surface area contributed by atoms with Crippen LogP contribution in [0.25, 0.3) is 6.08 Å². The summed E-state index contributed by atoms with van der Waals surface area (Å²) in [5.41, 5.74) is 3.30. The summed E-state index contributed by atoms with van der Waals surface area (Å²) in [7, 11) is 1.77. The molecule has 0 N–H and O–H groups in total. The first kappa shape index (κ1) is 22.2. The van der Waals surface area contributed by atoms with Gasteiger partial charge in [-0.25, -0.2) is 0 Å². The third kappa shape index (κ3) is 5.98. The lowest BCUT2D eigenvalue weighted by molar-refractivity contribution is 0.103. The van der Waals surface area contributed by atoms with Crippen molar-refractivity contribution >= 4 is 11.9 Å². The van der Waals surface area contributed by atoms with E-state index in [1.54, 1.807) is 29.9 Å². The van der Waals surface area contributed by atoms with Gasteiger partial charge in [0.15, 0.2) is 11.5 Å². The Labute approximate surface area is 183 Å². The molecule has 1 aromatic heterocycles. The molecular weight excluding hydrogens is 392 g/mol. The van der Waals surface area contributed by atoms with Gasteiger partial charge in [-0.1, -0.05) is 24.3 Å². The van der Waals surface area contributed by atoms with Crippen LogP contribution in [0, 0.1) is 6.92 Å². The number of nitrogens with zero attached hydrogens (tertiary/aromatic N) is 2. The lowest BCUT2D eigenvalue weighted by Gasteiger charge is -2.13. The molecule has 6 heteroatoms. The normalized spacial score (nSPS) is 11.0. The second kappa shape index (κ2) is 10.5. The number of rotatable bonds is 10. The largest absolute Gasteiger partial charge is 0.490 e. The van der Waals surface area contributed by atoms with E-state index < -0.39 is 0 Å². The Morgan fingerprint density at radius 2 is 1.68 bits per heavy atom. The summed E-state index contributed by atoms with van der Waals surface area (Å²) in [6.45, 7) is 7.33. The van der Waals surface area contributed by atoms with E-state index >= 15 is 0 Å². The van der Waals surface area contributed by atoms with Crippen LogP contribution >= 0.6 is 0 Å². The molecule has 0 saturated heterocycles. The summed E-state index contributed by atoms with van der Waals surface area (Å²) in [6, 6.07) is 15.2. The van der Waals surface area contributed by atoms with Gasteiger partial charge in [0.2, 0.25) is 5.78 Å². The summed E-state index contributed by atoms with van der Waals surface area (Å²) < 4.78 is 18.7. The number of hydrogen-bond donors (Lipinski definition) is 0. The molecule has 3 rings (SSSR count). The highest BCUT2D eigenvalue weighted by Gasteiger charge is 2.09. The van der Waals surface area contributed by atoms with Crippen LogP contribution in [0.5, 0.6) is 17.2 Å². The van der Waals surface area contributed by atoms with Crippen molar-refractivity contribution < 1.29 is 19.0 Å². The van der Waals surface area contributed by atoms with Gasteiger partial charge < -0.3 is 14.2 Å². The number of aromatic nitrogens is 2. The molecule has 0 aliphatic carbocycles.